The lowest BCUT2D eigenvalue weighted by Crippen LogP contribution is -2.33. The first-order chi connectivity index (χ1) is 11.6. The maximum absolute atomic E-state index is 14.2. The molecule has 24 heavy (non-hydrogen) atoms. The lowest BCUT2D eigenvalue weighted by Gasteiger charge is -2.09. The average molecular weight is 351 g/mol. The van der Waals surface area contributed by atoms with E-state index in [0.29, 0.717) is 36.8 Å². The Hall–Kier alpha value is -1.95. The van der Waals surface area contributed by atoms with Gasteiger partial charge in [-0.2, -0.15) is 0 Å². The molecule has 0 heterocycles. The Labute approximate surface area is 146 Å². The first-order valence-corrected chi connectivity index (χ1v) is 8.03. The Morgan fingerprint density at radius 2 is 1.79 bits per heavy atom. The Morgan fingerprint density at radius 1 is 1.08 bits per heavy atom. The van der Waals surface area contributed by atoms with Crippen molar-refractivity contribution in [1.29, 1.82) is 0 Å². The van der Waals surface area contributed by atoms with Crippen LogP contribution in [0.3, 0.4) is 0 Å². The topological polar surface area (TPSA) is 50.4 Å². The number of amides is 1. The number of benzene rings is 2. The Morgan fingerprint density at radius 3 is 2.46 bits per heavy atom. The van der Waals surface area contributed by atoms with Crippen molar-refractivity contribution in [2.24, 2.45) is 0 Å². The second-order valence-corrected chi connectivity index (χ2v) is 5.64. The third kappa shape index (κ3) is 5.30. The van der Waals surface area contributed by atoms with E-state index in [1.54, 1.807) is 25.3 Å². The van der Waals surface area contributed by atoms with Gasteiger partial charge in [-0.15, -0.1) is 0 Å². The summed E-state index contributed by atoms with van der Waals surface area (Å²) >= 11 is 5.85. The van der Waals surface area contributed by atoms with Gasteiger partial charge in [0.2, 0.25) is 0 Å². The first kappa shape index (κ1) is 18.4. The van der Waals surface area contributed by atoms with Gasteiger partial charge in [0.05, 0.1) is 12.2 Å². The summed E-state index contributed by atoms with van der Waals surface area (Å²) in [7, 11) is 1.62. The van der Waals surface area contributed by atoms with Gasteiger partial charge in [0.15, 0.2) is 0 Å². The summed E-state index contributed by atoms with van der Waals surface area (Å²) in [5, 5.41) is 6.40. The number of nitrogens with one attached hydrogen (secondary N) is 2. The molecular weight excluding hydrogens is 331 g/mol. The Bertz CT molecular complexity index is 677. The van der Waals surface area contributed by atoms with E-state index in [4.69, 9.17) is 16.3 Å². The monoisotopic (exact) mass is 350 g/mol. The molecule has 0 aliphatic carbocycles. The fourth-order valence-corrected chi connectivity index (χ4v) is 2.31. The van der Waals surface area contributed by atoms with E-state index in [1.165, 1.54) is 12.1 Å². The minimum absolute atomic E-state index is 0.0320. The van der Waals surface area contributed by atoms with E-state index in [1.807, 2.05) is 12.1 Å². The van der Waals surface area contributed by atoms with Crippen molar-refractivity contribution < 1.29 is 13.9 Å². The van der Waals surface area contributed by atoms with Crippen molar-refractivity contribution in [2.75, 3.05) is 33.4 Å². The summed E-state index contributed by atoms with van der Waals surface area (Å²) in [6, 6.07) is 11.7. The molecule has 128 valence electrons. The van der Waals surface area contributed by atoms with Gasteiger partial charge >= 0.3 is 0 Å². The zero-order valence-corrected chi connectivity index (χ0v) is 14.2. The van der Waals surface area contributed by atoms with Crippen molar-refractivity contribution >= 4 is 17.5 Å². The zero-order valence-electron chi connectivity index (χ0n) is 13.4. The van der Waals surface area contributed by atoms with Gasteiger partial charge in [0.1, 0.15) is 5.82 Å². The molecule has 0 aliphatic heterocycles. The standard InChI is InChI=1S/C18H20ClFN2O2/c1-24-11-10-21-8-9-22-18(23)16-7-4-14(12-17(16)20)13-2-5-15(19)6-3-13/h2-7,12,21H,8-11H2,1H3,(H,22,23). The molecule has 2 aromatic carbocycles. The maximum Gasteiger partial charge on any atom is 0.254 e. The lowest BCUT2D eigenvalue weighted by atomic mass is 10.0. The van der Waals surface area contributed by atoms with Crippen LogP contribution in [0.2, 0.25) is 5.02 Å². The van der Waals surface area contributed by atoms with Crippen LogP contribution in [0.5, 0.6) is 0 Å². The van der Waals surface area contributed by atoms with Gasteiger partial charge in [-0.1, -0.05) is 29.8 Å². The van der Waals surface area contributed by atoms with Gasteiger partial charge in [-0.3, -0.25) is 4.79 Å². The van der Waals surface area contributed by atoms with E-state index in [0.717, 1.165) is 5.56 Å². The first-order valence-electron chi connectivity index (χ1n) is 7.65. The zero-order chi connectivity index (χ0) is 17.4. The molecule has 0 spiro atoms. The summed E-state index contributed by atoms with van der Waals surface area (Å²) in [4.78, 5) is 12.0. The van der Waals surface area contributed by atoms with Crippen molar-refractivity contribution in [3.63, 3.8) is 0 Å². The molecule has 0 atom stereocenters. The Kier molecular flexibility index (Phi) is 7.18. The molecule has 4 nitrogen and oxygen atoms in total. The molecule has 0 radical (unpaired) electrons. The third-order valence-corrected chi connectivity index (χ3v) is 3.71. The predicted molar refractivity (Wildman–Crippen MR) is 93.9 cm³/mol. The highest BCUT2D eigenvalue weighted by molar-refractivity contribution is 6.30. The van der Waals surface area contributed by atoms with Crippen LogP contribution in [-0.4, -0.2) is 39.3 Å². The van der Waals surface area contributed by atoms with Crippen LogP contribution in [0.15, 0.2) is 42.5 Å². The van der Waals surface area contributed by atoms with Crippen molar-refractivity contribution in [1.82, 2.24) is 10.6 Å². The van der Waals surface area contributed by atoms with Crippen LogP contribution in [0, 0.1) is 5.82 Å². The molecule has 0 saturated heterocycles. The molecule has 0 aromatic heterocycles. The van der Waals surface area contributed by atoms with E-state index >= 15 is 0 Å². The maximum atomic E-state index is 14.2. The molecule has 0 aliphatic rings. The summed E-state index contributed by atoms with van der Waals surface area (Å²) in [5.41, 5.74) is 1.57. The van der Waals surface area contributed by atoms with E-state index < -0.39 is 11.7 Å². The van der Waals surface area contributed by atoms with E-state index in [-0.39, 0.29) is 5.56 Å². The van der Waals surface area contributed by atoms with Crippen molar-refractivity contribution in [3.8, 4) is 11.1 Å². The van der Waals surface area contributed by atoms with Crippen LogP contribution >= 0.6 is 11.6 Å². The molecule has 0 bridgehead atoms. The SMILES string of the molecule is COCCNCCNC(=O)c1ccc(-c2ccc(Cl)cc2)cc1F. The summed E-state index contributed by atoms with van der Waals surface area (Å²) < 4.78 is 19.1. The minimum atomic E-state index is -0.549. The largest absolute Gasteiger partial charge is 0.383 e. The highest BCUT2D eigenvalue weighted by Gasteiger charge is 2.12. The highest BCUT2D eigenvalue weighted by Crippen LogP contribution is 2.23. The predicted octanol–water partition coefficient (Wildman–Crippen LogP) is 3.11. The van der Waals surface area contributed by atoms with Crippen LogP contribution in [-0.2, 0) is 4.74 Å². The second kappa shape index (κ2) is 9.37. The number of rotatable bonds is 8. The number of halogens is 2. The van der Waals surface area contributed by atoms with Crippen LogP contribution < -0.4 is 10.6 Å². The highest BCUT2D eigenvalue weighted by atomic mass is 35.5. The quantitative estimate of drug-likeness (QED) is 0.719. The van der Waals surface area contributed by atoms with Crippen LogP contribution in [0.4, 0.5) is 4.39 Å². The average Bonchev–Trinajstić information content (AvgIpc) is 2.58. The summed E-state index contributed by atoms with van der Waals surface area (Å²) in [6.07, 6.45) is 0. The van der Waals surface area contributed by atoms with E-state index in [2.05, 4.69) is 10.6 Å². The summed E-state index contributed by atoms with van der Waals surface area (Å²) in [6.45, 7) is 2.33. The fraction of sp³-hybridized carbons (Fsp3) is 0.278. The smallest absolute Gasteiger partial charge is 0.254 e. The van der Waals surface area contributed by atoms with Gasteiger partial charge in [-0.05, 0) is 35.4 Å². The van der Waals surface area contributed by atoms with Crippen molar-refractivity contribution in [2.45, 2.75) is 0 Å². The normalized spacial score (nSPS) is 10.6. The van der Waals surface area contributed by atoms with Gasteiger partial charge in [0, 0.05) is 31.8 Å². The molecule has 2 aromatic rings. The number of carbonyl (C=O) groups is 1. The molecule has 2 rings (SSSR count). The molecule has 1 amide bonds. The number of hydrogen-bond donors (Lipinski definition) is 2. The molecular formula is C18H20ClFN2O2. The summed E-state index contributed by atoms with van der Waals surface area (Å²) in [5.74, 6) is -0.976. The lowest BCUT2D eigenvalue weighted by molar-refractivity contribution is 0.0949. The third-order valence-electron chi connectivity index (χ3n) is 3.46. The molecule has 0 unspecified atom stereocenters. The molecule has 0 saturated carbocycles. The molecule has 0 fully saturated rings. The van der Waals surface area contributed by atoms with Gasteiger partial charge in [-0.25, -0.2) is 4.39 Å². The van der Waals surface area contributed by atoms with Crippen LogP contribution in [0.25, 0.3) is 11.1 Å². The Balaban J connectivity index is 1.94. The number of methoxy groups -OCH3 is 1. The number of hydrogen-bond acceptors (Lipinski definition) is 3. The van der Waals surface area contributed by atoms with Gasteiger partial charge < -0.3 is 15.4 Å². The van der Waals surface area contributed by atoms with Gasteiger partial charge in [0.25, 0.3) is 5.91 Å². The second-order valence-electron chi connectivity index (χ2n) is 5.20. The molecule has 2 N–H and O–H groups in total. The fourth-order valence-electron chi connectivity index (χ4n) is 2.18. The molecule has 6 heteroatoms. The van der Waals surface area contributed by atoms with E-state index in [9.17, 15) is 9.18 Å². The minimum Gasteiger partial charge on any atom is -0.383 e. The van der Waals surface area contributed by atoms with Crippen LogP contribution in [0.1, 0.15) is 10.4 Å². The number of ether oxygens (including phenoxy) is 1. The van der Waals surface area contributed by atoms with Crippen molar-refractivity contribution in [3.05, 3.63) is 58.9 Å². The number of carbonyl (C=O) groups excluding carboxylic acids is 1.